The van der Waals surface area contributed by atoms with Gasteiger partial charge in [0.2, 0.25) is 5.91 Å². The first kappa shape index (κ1) is 12.7. The van der Waals surface area contributed by atoms with Crippen molar-refractivity contribution in [2.75, 3.05) is 5.75 Å². The first-order valence-electron chi connectivity index (χ1n) is 7.55. The minimum Gasteiger partial charge on any atom is -0.352 e. The third-order valence-electron chi connectivity index (χ3n) is 5.29. The third kappa shape index (κ3) is 2.34. The van der Waals surface area contributed by atoms with Gasteiger partial charge in [0.05, 0.1) is 5.75 Å². The van der Waals surface area contributed by atoms with E-state index in [1.54, 1.807) is 0 Å². The summed E-state index contributed by atoms with van der Waals surface area (Å²) in [6.07, 6.45) is 8.29. The second kappa shape index (κ2) is 5.06. The molecule has 1 heterocycles. The molecule has 0 atom stereocenters. The Hall–Kier alpha value is -1.04. The Morgan fingerprint density at radius 3 is 2.55 bits per heavy atom. The van der Waals surface area contributed by atoms with Crippen molar-refractivity contribution in [2.45, 2.75) is 43.3 Å². The molecule has 1 amide bonds. The monoisotopic (exact) mass is 292 g/mol. The summed E-state index contributed by atoms with van der Waals surface area (Å²) in [4.78, 5) is 16.2. The van der Waals surface area contributed by atoms with E-state index in [2.05, 4.69) is 20.5 Å². The number of H-pyrrole nitrogens is 1. The number of hydrogen-bond donors (Lipinski definition) is 2. The molecule has 5 rings (SSSR count). The second-order valence-corrected chi connectivity index (χ2v) is 7.57. The van der Waals surface area contributed by atoms with E-state index in [4.69, 9.17) is 0 Å². The molecule has 1 aromatic rings. The molecule has 4 saturated carbocycles. The third-order valence-corrected chi connectivity index (χ3v) is 6.16. The Balaban J connectivity index is 1.33. The van der Waals surface area contributed by atoms with E-state index in [1.807, 2.05) is 0 Å². The molecule has 0 radical (unpaired) electrons. The maximum atomic E-state index is 12.1. The summed E-state index contributed by atoms with van der Waals surface area (Å²) in [5.41, 5.74) is 0. The van der Waals surface area contributed by atoms with Crippen LogP contribution in [0.5, 0.6) is 0 Å². The molecule has 0 aromatic carbocycles. The van der Waals surface area contributed by atoms with Gasteiger partial charge in [-0.05, 0) is 55.8 Å². The van der Waals surface area contributed by atoms with Crippen LogP contribution in [0.3, 0.4) is 0 Å². The molecule has 0 aliphatic heterocycles. The zero-order valence-corrected chi connectivity index (χ0v) is 12.2. The number of aromatic amines is 1. The topological polar surface area (TPSA) is 70.7 Å². The maximum absolute atomic E-state index is 12.1. The molecule has 6 heteroatoms. The fraction of sp³-hybridized carbons (Fsp3) is 0.786. The number of nitrogens with zero attached hydrogens (tertiary/aromatic N) is 2. The normalized spacial score (nSPS) is 38.1. The molecule has 20 heavy (non-hydrogen) atoms. The molecule has 1 aromatic heterocycles. The van der Waals surface area contributed by atoms with Crippen LogP contribution in [0.4, 0.5) is 0 Å². The fourth-order valence-electron chi connectivity index (χ4n) is 4.79. The van der Waals surface area contributed by atoms with Gasteiger partial charge in [-0.15, -0.1) is 0 Å². The summed E-state index contributed by atoms with van der Waals surface area (Å²) >= 11 is 1.42. The molecular weight excluding hydrogens is 272 g/mol. The van der Waals surface area contributed by atoms with Crippen LogP contribution in [0.25, 0.3) is 0 Å². The summed E-state index contributed by atoms with van der Waals surface area (Å²) < 4.78 is 0. The van der Waals surface area contributed by atoms with Gasteiger partial charge < -0.3 is 5.32 Å². The SMILES string of the molecule is O=C(CSc1ncn[nH]1)NC1C2CC3CC(C2)CC1C3. The molecule has 4 fully saturated rings. The first-order valence-corrected chi connectivity index (χ1v) is 8.54. The summed E-state index contributed by atoms with van der Waals surface area (Å²) in [6, 6.07) is 0.436. The molecule has 2 N–H and O–H groups in total. The van der Waals surface area contributed by atoms with Crippen LogP contribution < -0.4 is 5.32 Å². The van der Waals surface area contributed by atoms with Crippen LogP contribution in [0.1, 0.15) is 32.1 Å². The van der Waals surface area contributed by atoms with Gasteiger partial charge in [0.25, 0.3) is 0 Å². The Labute approximate surface area is 122 Å². The Bertz CT molecular complexity index is 461. The van der Waals surface area contributed by atoms with Gasteiger partial charge in [-0.2, -0.15) is 5.10 Å². The number of carbonyl (C=O) groups excluding carboxylic acids is 1. The van der Waals surface area contributed by atoms with Gasteiger partial charge in [0, 0.05) is 6.04 Å². The van der Waals surface area contributed by atoms with Gasteiger partial charge >= 0.3 is 0 Å². The number of nitrogens with one attached hydrogen (secondary N) is 2. The Morgan fingerprint density at radius 2 is 1.95 bits per heavy atom. The van der Waals surface area contributed by atoms with Crippen LogP contribution in [0.2, 0.25) is 0 Å². The Kier molecular flexibility index (Phi) is 3.21. The van der Waals surface area contributed by atoms with Crippen molar-refractivity contribution >= 4 is 17.7 Å². The van der Waals surface area contributed by atoms with Crippen molar-refractivity contribution in [1.82, 2.24) is 20.5 Å². The van der Waals surface area contributed by atoms with E-state index in [0.29, 0.717) is 17.0 Å². The molecule has 5 nitrogen and oxygen atoms in total. The summed E-state index contributed by atoms with van der Waals surface area (Å²) in [5, 5.41) is 10.6. The number of hydrogen-bond acceptors (Lipinski definition) is 4. The summed E-state index contributed by atoms with van der Waals surface area (Å²) in [7, 11) is 0. The molecule has 4 aliphatic rings. The summed E-state index contributed by atoms with van der Waals surface area (Å²) in [5.74, 6) is 3.96. The van der Waals surface area contributed by atoms with Crippen molar-refractivity contribution in [3.05, 3.63) is 6.33 Å². The van der Waals surface area contributed by atoms with Crippen LogP contribution >= 0.6 is 11.8 Å². The summed E-state index contributed by atoms with van der Waals surface area (Å²) in [6.45, 7) is 0. The van der Waals surface area contributed by atoms with Crippen molar-refractivity contribution in [3.63, 3.8) is 0 Å². The zero-order chi connectivity index (χ0) is 13.5. The minimum absolute atomic E-state index is 0.142. The molecule has 4 bridgehead atoms. The lowest BCUT2D eigenvalue weighted by molar-refractivity contribution is -0.122. The quantitative estimate of drug-likeness (QED) is 0.831. The molecule has 108 valence electrons. The van der Waals surface area contributed by atoms with Gasteiger partial charge in [0.1, 0.15) is 6.33 Å². The average Bonchev–Trinajstić information content (AvgIpc) is 2.93. The van der Waals surface area contributed by atoms with E-state index >= 15 is 0 Å². The van der Waals surface area contributed by atoms with Crippen LogP contribution in [0.15, 0.2) is 11.5 Å². The van der Waals surface area contributed by atoms with E-state index in [-0.39, 0.29) is 5.91 Å². The molecular formula is C14H20N4OS. The highest BCUT2D eigenvalue weighted by atomic mass is 32.2. The molecule has 0 unspecified atom stereocenters. The van der Waals surface area contributed by atoms with Crippen LogP contribution in [-0.2, 0) is 4.79 Å². The van der Waals surface area contributed by atoms with Crippen molar-refractivity contribution < 1.29 is 4.79 Å². The highest BCUT2D eigenvalue weighted by molar-refractivity contribution is 7.99. The van der Waals surface area contributed by atoms with Crippen molar-refractivity contribution in [1.29, 1.82) is 0 Å². The average molecular weight is 292 g/mol. The van der Waals surface area contributed by atoms with Crippen molar-refractivity contribution in [2.24, 2.45) is 23.7 Å². The van der Waals surface area contributed by atoms with E-state index in [9.17, 15) is 4.79 Å². The van der Waals surface area contributed by atoms with Crippen LogP contribution in [-0.4, -0.2) is 32.9 Å². The van der Waals surface area contributed by atoms with Crippen LogP contribution in [0, 0.1) is 23.7 Å². The maximum Gasteiger partial charge on any atom is 0.230 e. The number of rotatable bonds is 4. The van der Waals surface area contributed by atoms with Crippen molar-refractivity contribution in [3.8, 4) is 0 Å². The Morgan fingerprint density at radius 1 is 1.25 bits per heavy atom. The predicted molar refractivity (Wildman–Crippen MR) is 76.1 cm³/mol. The standard InChI is InChI=1S/C14H20N4OS/c19-12(6-20-14-15-7-16-18-14)17-13-10-2-8-1-9(4-10)5-11(13)3-8/h7-11,13H,1-6H2,(H,17,19)(H,15,16,18). The second-order valence-electron chi connectivity index (χ2n) is 6.60. The van der Waals surface area contributed by atoms with Gasteiger partial charge in [0.15, 0.2) is 5.16 Å². The van der Waals surface area contributed by atoms with Gasteiger partial charge in [-0.3, -0.25) is 9.89 Å². The molecule has 0 saturated heterocycles. The number of amides is 1. The smallest absolute Gasteiger partial charge is 0.230 e. The largest absolute Gasteiger partial charge is 0.352 e. The fourth-order valence-corrected chi connectivity index (χ4v) is 5.38. The lowest BCUT2D eigenvalue weighted by Gasteiger charge is -2.54. The van der Waals surface area contributed by atoms with Gasteiger partial charge in [-0.25, -0.2) is 4.98 Å². The first-order chi connectivity index (χ1) is 9.78. The number of thioether (sulfide) groups is 1. The molecule has 4 aliphatic carbocycles. The number of carbonyl (C=O) groups is 1. The lowest BCUT2D eigenvalue weighted by atomic mass is 9.54. The predicted octanol–water partition coefficient (Wildman–Crippen LogP) is 1.84. The lowest BCUT2D eigenvalue weighted by Crippen LogP contribution is -2.56. The van der Waals surface area contributed by atoms with E-state index in [1.165, 1.54) is 50.2 Å². The molecule has 0 spiro atoms. The van der Waals surface area contributed by atoms with E-state index < -0.39 is 0 Å². The highest BCUT2D eigenvalue weighted by Gasteiger charge is 2.48. The minimum atomic E-state index is 0.142. The number of aromatic nitrogens is 3. The highest BCUT2D eigenvalue weighted by Crippen LogP contribution is 2.53. The van der Waals surface area contributed by atoms with Gasteiger partial charge in [-0.1, -0.05) is 11.8 Å². The van der Waals surface area contributed by atoms with E-state index in [0.717, 1.165) is 23.7 Å². The zero-order valence-electron chi connectivity index (χ0n) is 11.4.